The summed E-state index contributed by atoms with van der Waals surface area (Å²) in [5.41, 5.74) is 4.39. The average molecular weight is 327 g/mol. The van der Waals surface area contributed by atoms with Gasteiger partial charge in [-0.3, -0.25) is 0 Å². The molecule has 0 radical (unpaired) electrons. The third kappa shape index (κ3) is 4.21. The van der Waals surface area contributed by atoms with E-state index in [1.165, 1.54) is 11.3 Å². The lowest BCUT2D eigenvalue weighted by atomic mass is 10.2. The topological polar surface area (TPSA) is 36.5 Å². The van der Waals surface area contributed by atoms with Crippen LogP contribution in [0.5, 0.6) is 0 Å². The van der Waals surface area contributed by atoms with E-state index in [1.54, 1.807) is 0 Å². The van der Waals surface area contributed by atoms with Crippen molar-refractivity contribution >= 4 is 34.4 Å². The molecule has 0 unspecified atom stereocenters. The zero-order valence-electron chi connectivity index (χ0n) is 13.2. The number of hydrogen-bond donors (Lipinski definition) is 2. The normalized spacial score (nSPS) is 14.4. The molecule has 2 N–H and O–H groups in total. The molecule has 120 valence electrons. The van der Waals surface area contributed by atoms with E-state index >= 15 is 0 Å². The van der Waals surface area contributed by atoms with E-state index in [1.807, 2.05) is 18.2 Å². The van der Waals surface area contributed by atoms with Crippen LogP contribution in [0.1, 0.15) is 5.56 Å². The minimum Gasteiger partial charge on any atom is -0.378 e. The first-order valence-electron chi connectivity index (χ1n) is 7.79. The Morgan fingerprint density at radius 2 is 1.70 bits per heavy atom. The first-order chi connectivity index (χ1) is 11.2. The summed E-state index contributed by atoms with van der Waals surface area (Å²) in [5, 5.41) is 7.05. The van der Waals surface area contributed by atoms with Crippen LogP contribution < -0.4 is 15.5 Å². The van der Waals surface area contributed by atoms with Gasteiger partial charge in [0.25, 0.3) is 0 Å². The fourth-order valence-corrected chi connectivity index (χ4v) is 2.80. The Bertz CT molecular complexity index is 666. The van der Waals surface area contributed by atoms with Crippen LogP contribution >= 0.6 is 12.2 Å². The smallest absolute Gasteiger partial charge is 0.175 e. The van der Waals surface area contributed by atoms with E-state index in [4.69, 9.17) is 17.0 Å². The molecule has 1 saturated heterocycles. The SMILES string of the molecule is Cc1ccccc1NC(=S)Nc1ccc(N2CCOCC2)cc1. The number of para-hydroxylation sites is 1. The molecule has 5 heteroatoms. The summed E-state index contributed by atoms with van der Waals surface area (Å²) >= 11 is 5.39. The van der Waals surface area contributed by atoms with Crippen LogP contribution in [0.15, 0.2) is 48.5 Å². The molecule has 3 rings (SSSR count). The number of aryl methyl sites for hydroxylation is 1. The quantitative estimate of drug-likeness (QED) is 0.842. The van der Waals surface area contributed by atoms with E-state index in [2.05, 4.69) is 52.8 Å². The number of nitrogens with zero attached hydrogens (tertiary/aromatic N) is 1. The third-order valence-electron chi connectivity index (χ3n) is 3.89. The molecule has 1 aliphatic heterocycles. The van der Waals surface area contributed by atoms with Gasteiger partial charge in [0, 0.05) is 30.2 Å². The Balaban J connectivity index is 1.59. The van der Waals surface area contributed by atoms with E-state index in [0.29, 0.717) is 5.11 Å². The molecule has 1 heterocycles. The zero-order chi connectivity index (χ0) is 16.1. The Labute approximate surface area is 142 Å². The molecule has 0 aromatic heterocycles. The lowest BCUT2D eigenvalue weighted by Gasteiger charge is -2.29. The molecule has 0 saturated carbocycles. The Morgan fingerprint density at radius 1 is 1.00 bits per heavy atom. The van der Waals surface area contributed by atoms with E-state index in [0.717, 1.165) is 37.7 Å². The number of benzene rings is 2. The number of rotatable bonds is 3. The second kappa shape index (κ2) is 7.44. The minimum absolute atomic E-state index is 0.596. The predicted octanol–water partition coefficient (Wildman–Crippen LogP) is 3.64. The number of anilines is 3. The molecule has 2 aromatic rings. The van der Waals surface area contributed by atoms with Gasteiger partial charge in [0.15, 0.2) is 5.11 Å². The van der Waals surface area contributed by atoms with Crippen molar-refractivity contribution in [3.8, 4) is 0 Å². The maximum atomic E-state index is 5.39. The summed E-state index contributed by atoms with van der Waals surface area (Å²) in [5.74, 6) is 0. The highest BCUT2D eigenvalue weighted by molar-refractivity contribution is 7.80. The Morgan fingerprint density at radius 3 is 2.39 bits per heavy atom. The van der Waals surface area contributed by atoms with Crippen molar-refractivity contribution in [2.24, 2.45) is 0 Å². The van der Waals surface area contributed by atoms with Crippen LogP contribution in [0.25, 0.3) is 0 Å². The lowest BCUT2D eigenvalue weighted by molar-refractivity contribution is 0.122. The average Bonchev–Trinajstić information content (AvgIpc) is 2.58. The highest BCUT2D eigenvalue weighted by Gasteiger charge is 2.10. The molecule has 0 amide bonds. The molecular formula is C18H21N3OS. The van der Waals surface area contributed by atoms with Gasteiger partial charge in [-0.15, -0.1) is 0 Å². The van der Waals surface area contributed by atoms with Crippen molar-refractivity contribution in [2.45, 2.75) is 6.92 Å². The maximum absolute atomic E-state index is 5.39. The summed E-state index contributed by atoms with van der Waals surface area (Å²) in [4.78, 5) is 2.33. The van der Waals surface area contributed by atoms with Crippen LogP contribution in [0, 0.1) is 6.92 Å². The first-order valence-corrected chi connectivity index (χ1v) is 8.19. The van der Waals surface area contributed by atoms with Crippen molar-refractivity contribution in [3.05, 3.63) is 54.1 Å². The highest BCUT2D eigenvalue weighted by Crippen LogP contribution is 2.19. The van der Waals surface area contributed by atoms with Gasteiger partial charge in [0.1, 0.15) is 0 Å². The van der Waals surface area contributed by atoms with E-state index in [-0.39, 0.29) is 0 Å². The van der Waals surface area contributed by atoms with Gasteiger partial charge < -0.3 is 20.3 Å². The van der Waals surface area contributed by atoms with Crippen LogP contribution in [0.3, 0.4) is 0 Å². The van der Waals surface area contributed by atoms with Gasteiger partial charge in [0.05, 0.1) is 13.2 Å². The van der Waals surface area contributed by atoms with E-state index < -0.39 is 0 Å². The molecule has 1 fully saturated rings. The van der Waals surface area contributed by atoms with Crippen molar-refractivity contribution in [2.75, 3.05) is 41.8 Å². The third-order valence-corrected chi connectivity index (χ3v) is 4.10. The van der Waals surface area contributed by atoms with Gasteiger partial charge >= 0.3 is 0 Å². The van der Waals surface area contributed by atoms with Crippen molar-refractivity contribution in [3.63, 3.8) is 0 Å². The molecule has 4 nitrogen and oxygen atoms in total. The van der Waals surface area contributed by atoms with Crippen LogP contribution in [0.2, 0.25) is 0 Å². The number of thiocarbonyl (C=S) groups is 1. The van der Waals surface area contributed by atoms with Gasteiger partial charge in [-0.1, -0.05) is 18.2 Å². The number of morpholine rings is 1. The highest BCUT2D eigenvalue weighted by atomic mass is 32.1. The van der Waals surface area contributed by atoms with Crippen molar-refractivity contribution < 1.29 is 4.74 Å². The molecule has 0 aliphatic carbocycles. The van der Waals surface area contributed by atoms with Gasteiger partial charge in [-0.25, -0.2) is 0 Å². The summed E-state index contributed by atoms with van der Waals surface area (Å²) < 4.78 is 5.38. The molecule has 2 aromatic carbocycles. The first kappa shape index (κ1) is 15.8. The van der Waals surface area contributed by atoms with Gasteiger partial charge in [0.2, 0.25) is 0 Å². The van der Waals surface area contributed by atoms with Crippen molar-refractivity contribution in [1.82, 2.24) is 0 Å². The van der Waals surface area contributed by atoms with Crippen LogP contribution in [0.4, 0.5) is 17.1 Å². The number of hydrogen-bond acceptors (Lipinski definition) is 3. The summed E-state index contributed by atoms with van der Waals surface area (Å²) in [7, 11) is 0. The maximum Gasteiger partial charge on any atom is 0.175 e. The fourth-order valence-electron chi connectivity index (χ4n) is 2.57. The molecule has 23 heavy (non-hydrogen) atoms. The standard InChI is InChI=1S/C18H21N3OS/c1-14-4-2-3-5-17(14)20-18(23)19-15-6-8-16(9-7-15)21-10-12-22-13-11-21/h2-9H,10-13H2,1H3,(H2,19,20,23). The lowest BCUT2D eigenvalue weighted by Crippen LogP contribution is -2.36. The Kier molecular flexibility index (Phi) is 5.10. The second-order valence-electron chi connectivity index (χ2n) is 5.54. The Hall–Kier alpha value is -2.11. The summed E-state index contributed by atoms with van der Waals surface area (Å²) in [6, 6.07) is 16.4. The monoisotopic (exact) mass is 327 g/mol. The fraction of sp³-hybridized carbons (Fsp3) is 0.278. The second-order valence-corrected chi connectivity index (χ2v) is 5.95. The molecule has 1 aliphatic rings. The zero-order valence-corrected chi connectivity index (χ0v) is 14.0. The van der Waals surface area contributed by atoms with Gasteiger partial charge in [-0.2, -0.15) is 0 Å². The summed E-state index contributed by atoms with van der Waals surface area (Å²) in [6.45, 7) is 5.54. The van der Waals surface area contributed by atoms with Crippen molar-refractivity contribution in [1.29, 1.82) is 0 Å². The predicted molar refractivity (Wildman–Crippen MR) is 100 cm³/mol. The number of nitrogens with one attached hydrogen (secondary N) is 2. The minimum atomic E-state index is 0.596. The molecule has 0 spiro atoms. The van der Waals surface area contributed by atoms with Crippen LogP contribution in [-0.4, -0.2) is 31.4 Å². The van der Waals surface area contributed by atoms with E-state index in [9.17, 15) is 0 Å². The largest absolute Gasteiger partial charge is 0.378 e. The number of ether oxygens (including phenoxy) is 1. The molecular weight excluding hydrogens is 306 g/mol. The molecule has 0 atom stereocenters. The summed E-state index contributed by atoms with van der Waals surface area (Å²) in [6.07, 6.45) is 0. The molecule has 0 bridgehead atoms. The van der Waals surface area contributed by atoms with Gasteiger partial charge in [-0.05, 0) is 55.0 Å². The van der Waals surface area contributed by atoms with Crippen LogP contribution in [-0.2, 0) is 4.74 Å².